The first kappa shape index (κ1) is 19.0. The molecule has 0 saturated carbocycles. The Bertz CT molecular complexity index is 747. The molecule has 0 aliphatic carbocycles. The van der Waals surface area contributed by atoms with Gasteiger partial charge in [-0.25, -0.2) is 4.98 Å². The predicted molar refractivity (Wildman–Crippen MR) is 102 cm³/mol. The van der Waals surface area contributed by atoms with E-state index in [2.05, 4.69) is 52.8 Å². The second-order valence-electron chi connectivity index (χ2n) is 8.02. The van der Waals surface area contributed by atoms with Crippen LogP contribution in [0.5, 0.6) is 0 Å². The predicted octanol–water partition coefficient (Wildman–Crippen LogP) is -0.0419. The minimum absolute atomic E-state index is 0.202. The number of hydrogen-bond donors (Lipinski definition) is 3. The third-order valence-electron chi connectivity index (χ3n) is 6.20. The molecule has 0 aromatic carbocycles. The molecule has 2 atom stereocenters. The number of aromatic amines is 2. The molecule has 1 amide bonds. The van der Waals surface area contributed by atoms with Crippen LogP contribution >= 0.6 is 0 Å². The first-order valence-electron chi connectivity index (χ1n) is 10.1. The van der Waals surface area contributed by atoms with Crippen LogP contribution in [0.3, 0.4) is 0 Å². The topological polar surface area (TPSA) is 119 Å². The van der Waals surface area contributed by atoms with Gasteiger partial charge >= 0.3 is 0 Å². The minimum atomic E-state index is -0.309. The van der Waals surface area contributed by atoms with Crippen LogP contribution < -0.4 is 5.32 Å². The number of rotatable bonds is 7. The maximum Gasteiger partial charge on any atom is 0.227 e. The highest BCUT2D eigenvalue weighted by molar-refractivity contribution is 5.83. The Balaban J connectivity index is 1.41. The summed E-state index contributed by atoms with van der Waals surface area (Å²) in [5.74, 6) is 0.890. The molecular weight excluding hydrogens is 358 g/mol. The Labute approximate surface area is 164 Å². The lowest BCUT2D eigenvalue weighted by Crippen LogP contribution is -2.65. The second kappa shape index (κ2) is 8.36. The molecule has 28 heavy (non-hydrogen) atoms. The number of tetrazole rings is 1. The van der Waals surface area contributed by atoms with Gasteiger partial charge in [-0.1, -0.05) is 5.21 Å². The van der Waals surface area contributed by atoms with Crippen molar-refractivity contribution < 1.29 is 4.79 Å². The molecule has 0 unspecified atom stereocenters. The summed E-state index contributed by atoms with van der Waals surface area (Å²) in [7, 11) is 2.15. The van der Waals surface area contributed by atoms with E-state index in [-0.39, 0.29) is 17.4 Å². The number of imidazole rings is 1. The Morgan fingerprint density at radius 2 is 2.32 bits per heavy atom. The molecule has 2 aromatic heterocycles. The fourth-order valence-electron chi connectivity index (χ4n) is 4.70. The van der Waals surface area contributed by atoms with E-state index < -0.39 is 0 Å². The monoisotopic (exact) mass is 387 g/mol. The number of hydrogen-bond acceptors (Lipinski definition) is 7. The number of piperidine rings is 2. The number of nitrogens with one attached hydrogen (secondary N) is 3. The van der Waals surface area contributed by atoms with Crippen LogP contribution in [0.1, 0.15) is 37.2 Å². The number of likely N-dealkylation sites (tertiary alicyclic amines) is 2. The van der Waals surface area contributed by atoms with Crippen molar-refractivity contribution in [2.45, 2.75) is 44.7 Å². The molecule has 0 radical (unpaired) electrons. The van der Waals surface area contributed by atoms with Crippen molar-refractivity contribution in [3.8, 4) is 0 Å². The first-order valence-corrected chi connectivity index (χ1v) is 10.1. The van der Waals surface area contributed by atoms with Crippen molar-refractivity contribution in [1.82, 2.24) is 45.7 Å². The maximum atomic E-state index is 13.3. The Morgan fingerprint density at radius 3 is 3.11 bits per heavy atom. The van der Waals surface area contributed by atoms with Gasteiger partial charge in [0.25, 0.3) is 0 Å². The van der Waals surface area contributed by atoms with Crippen molar-refractivity contribution in [3.05, 3.63) is 24.0 Å². The summed E-state index contributed by atoms with van der Waals surface area (Å²) in [6, 6.07) is 0.223. The van der Waals surface area contributed by atoms with Crippen molar-refractivity contribution in [3.63, 3.8) is 0 Å². The highest BCUT2D eigenvalue weighted by Gasteiger charge is 2.52. The fourth-order valence-corrected chi connectivity index (χ4v) is 4.70. The van der Waals surface area contributed by atoms with Gasteiger partial charge in [-0.2, -0.15) is 5.21 Å². The van der Waals surface area contributed by atoms with Gasteiger partial charge in [-0.15, -0.1) is 10.2 Å². The Morgan fingerprint density at radius 1 is 1.39 bits per heavy atom. The molecule has 4 heterocycles. The average molecular weight is 387 g/mol. The van der Waals surface area contributed by atoms with Crippen LogP contribution in [-0.4, -0.2) is 85.6 Å². The summed E-state index contributed by atoms with van der Waals surface area (Å²) in [5, 5.41) is 17.2. The minimum Gasteiger partial charge on any atom is -0.356 e. The summed E-state index contributed by atoms with van der Waals surface area (Å²) in [6.07, 6.45) is 8.03. The molecule has 0 spiro atoms. The lowest BCUT2D eigenvalue weighted by molar-refractivity contribution is -0.145. The van der Waals surface area contributed by atoms with Crippen LogP contribution in [0.25, 0.3) is 0 Å². The molecule has 2 aromatic rings. The zero-order valence-corrected chi connectivity index (χ0v) is 16.4. The van der Waals surface area contributed by atoms with Crippen LogP contribution in [0, 0.1) is 5.41 Å². The van der Waals surface area contributed by atoms with E-state index >= 15 is 0 Å². The van der Waals surface area contributed by atoms with Crippen LogP contribution in [-0.2, 0) is 17.8 Å². The number of aromatic nitrogens is 6. The summed E-state index contributed by atoms with van der Waals surface area (Å²) in [4.78, 5) is 25.5. The Kier molecular flexibility index (Phi) is 5.67. The van der Waals surface area contributed by atoms with E-state index in [0.29, 0.717) is 18.8 Å². The zero-order valence-electron chi connectivity index (χ0n) is 16.4. The quantitative estimate of drug-likeness (QED) is 0.570. The number of nitrogens with zero attached hydrogens (tertiary/aromatic N) is 6. The van der Waals surface area contributed by atoms with Gasteiger partial charge in [0.2, 0.25) is 5.91 Å². The summed E-state index contributed by atoms with van der Waals surface area (Å²) >= 11 is 0. The lowest BCUT2D eigenvalue weighted by Gasteiger charge is -2.53. The van der Waals surface area contributed by atoms with E-state index in [1.807, 2.05) is 6.20 Å². The average Bonchev–Trinajstić information content (AvgIpc) is 3.40. The van der Waals surface area contributed by atoms with Gasteiger partial charge in [0.15, 0.2) is 5.82 Å². The van der Waals surface area contributed by atoms with Crippen molar-refractivity contribution in [1.29, 1.82) is 0 Å². The SMILES string of the molecule is CN1CC[C@]2(C(=O)NCCCc3nn[nH]n3)CCCN(Cc3cnc[nH]3)[C@H]2C1. The van der Waals surface area contributed by atoms with E-state index in [9.17, 15) is 4.79 Å². The third kappa shape index (κ3) is 3.93. The van der Waals surface area contributed by atoms with Gasteiger partial charge in [-0.3, -0.25) is 9.69 Å². The maximum absolute atomic E-state index is 13.3. The number of carbonyl (C=O) groups excluding carboxylic acids is 1. The molecule has 2 saturated heterocycles. The third-order valence-corrected chi connectivity index (χ3v) is 6.20. The van der Waals surface area contributed by atoms with E-state index in [4.69, 9.17) is 0 Å². The summed E-state index contributed by atoms with van der Waals surface area (Å²) in [6.45, 7) is 4.35. The largest absolute Gasteiger partial charge is 0.356 e. The smallest absolute Gasteiger partial charge is 0.227 e. The molecule has 2 aliphatic heterocycles. The molecule has 2 fully saturated rings. The van der Waals surface area contributed by atoms with E-state index in [1.54, 1.807) is 6.33 Å². The van der Waals surface area contributed by atoms with Gasteiger partial charge in [0, 0.05) is 44.0 Å². The molecular formula is C18H29N9O. The van der Waals surface area contributed by atoms with Crippen molar-refractivity contribution >= 4 is 5.91 Å². The molecule has 10 nitrogen and oxygen atoms in total. The molecule has 0 bridgehead atoms. The van der Waals surface area contributed by atoms with Gasteiger partial charge in [-0.05, 0) is 45.8 Å². The number of H-pyrrole nitrogens is 2. The highest BCUT2D eigenvalue weighted by atomic mass is 16.2. The van der Waals surface area contributed by atoms with Gasteiger partial charge in [0.1, 0.15) is 0 Å². The van der Waals surface area contributed by atoms with Crippen LogP contribution in [0.2, 0.25) is 0 Å². The molecule has 152 valence electrons. The highest BCUT2D eigenvalue weighted by Crippen LogP contribution is 2.43. The first-order chi connectivity index (χ1) is 13.7. The fraction of sp³-hybridized carbons (Fsp3) is 0.722. The van der Waals surface area contributed by atoms with Crippen molar-refractivity contribution in [2.75, 3.05) is 33.2 Å². The van der Waals surface area contributed by atoms with Crippen molar-refractivity contribution in [2.24, 2.45) is 5.41 Å². The summed E-state index contributed by atoms with van der Waals surface area (Å²) in [5.41, 5.74) is 0.793. The van der Waals surface area contributed by atoms with Crippen LogP contribution in [0.4, 0.5) is 0 Å². The number of carbonyl (C=O) groups is 1. The standard InChI is InChI=1S/C18H29N9O/c1-26-9-6-18(17(28)20-7-2-4-16-22-24-25-23-16)5-3-8-27(15(18)12-26)11-14-10-19-13-21-14/h10,13,15H,2-9,11-12H2,1H3,(H,19,21)(H,20,28)(H,22,23,24,25)/t15-,18+/m0/s1. The lowest BCUT2D eigenvalue weighted by atomic mass is 9.67. The normalized spacial score (nSPS) is 26.1. The molecule has 2 aliphatic rings. The Hall–Kier alpha value is -2.33. The van der Waals surface area contributed by atoms with E-state index in [0.717, 1.165) is 57.6 Å². The summed E-state index contributed by atoms with van der Waals surface area (Å²) < 4.78 is 0. The zero-order chi connectivity index (χ0) is 19.4. The molecule has 4 rings (SSSR count). The number of amides is 1. The van der Waals surface area contributed by atoms with Crippen LogP contribution in [0.15, 0.2) is 12.5 Å². The molecule has 3 N–H and O–H groups in total. The number of likely N-dealkylation sites (N-methyl/N-ethyl adjacent to an activating group) is 1. The van der Waals surface area contributed by atoms with Gasteiger partial charge in [0.05, 0.1) is 11.7 Å². The number of fused-ring (bicyclic) bond motifs is 1. The van der Waals surface area contributed by atoms with Gasteiger partial charge < -0.3 is 15.2 Å². The number of aryl methyl sites for hydroxylation is 1. The second-order valence-corrected chi connectivity index (χ2v) is 8.02. The molecule has 10 heteroatoms. The van der Waals surface area contributed by atoms with E-state index in [1.165, 1.54) is 0 Å².